The first-order valence-electron chi connectivity index (χ1n) is 13.5. The smallest absolute Gasteiger partial charge is 0.286 e. The summed E-state index contributed by atoms with van der Waals surface area (Å²) in [6.07, 6.45) is 5.98. The fraction of sp³-hybridized carbons (Fsp3) is 0.419. The Morgan fingerprint density at radius 2 is 1.92 bits per heavy atom. The van der Waals surface area contributed by atoms with E-state index >= 15 is 0 Å². The Hall–Kier alpha value is -3.54. The van der Waals surface area contributed by atoms with Gasteiger partial charge in [-0.1, -0.05) is 55.7 Å². The van der Waals surface area contributed by atoms with Gasteiger partial charge in [-0.15, -0.1) is 0 Å². The van der Waals surface area contributed by atoms with Gasteiger partial charge in [0.15, 0.2) is 5.76 Å². The molecule has 0 bridgehead atoms. The lowest BCUT2D eigenvalue weighted by molar-refractivity contribution is -0.137. The van der Waals surface area contributed by atoms with Gasteiger partial charge in [0.25, 0.3) is 5.91 Å². The number of nitrogens with one attached hydrogen (secondary N) is 1. The topological polar surface area (TPSA) is 71.8 Å². The number of carbonyl (C=O) groups excluding carboxylic acids is 2. The molecule has 1 N–H and O–H groups in total. The van der Waals surface area contributed by atoms with Gasteiger partial charge in [-0.25, -0.2) is 0 Å². The standard InChI is InChI=1S/C31H36N2O4/c1-3-16-32-30(34)28-14-13-26(37-28)20-36-25-12-11-22-15-17-33(31(35)23-8-4-5-9-23)29(27(22)19-25)24-10-6-7-21(2)18-24/h6-7,10-14,18-19,23,29H,3-5,8-9,15-17,20H2,1-2H3,(H,32,34)/t29-/m1/s1. The number of nitrogens with zero attached hydrogens (tertiary/aromatic N) is 1. The number of hydrogen-bond acceptors (Lipinski definition) is 4. The molecule has 1 saturated carbocycles. The summed E-state index contributed by atoms with van der Waals surface area (Å²) in [4.78, 5) is 27.9. The molecule has 2 amide bonds. The molecular weight excluding hydrogens is 464 g/mol. The maximum Gasteiger partial charge on any atom is 0.286 e. The predicted molar refractivity (Wildman–Crippen MR) is 143 cm³/mol. The highest BCUT2D eigenvalue weighted by atomic mass is 16.5. The molecule has 2 aliphatic rings. The van der Waals surface area contributed by atoms with Crippen LogP contribution in [-0.2, 0) is 17.8 Å². The number of carbonyl (C=O) groups is 2. The van der Waals surface area contributed by atoms with E-state index in [1.807, 2.05) is 13.0 Å². The number of amides is 2. The highest BCUT2D eigenvalue weighted by Crippen LogP contribution is 2.40. The average Bonchev–Trinajstić information content (AvgIpc) is 3.62. The number of ether oxygens (including phenoxy) is 1. The van der Waals surface area contributed by atoms with Crippen molar-refractivity contribution >= 4 is 11.8 Å². The maximum absolute atomic E-state index is 13.6. The van der Waals surface area contributed by atoms with Crippen LogP contribution in [0.1, 0.15) is 83.6 Å². The molecule has 5 rings (SSSR count). The molecule has 0 spiro atoms. The number of fused-ring (bicyclic) bond motifs is 1. The summed E-state index contributed by atoms with van der Waals surface area (Å²) >= 11 is 0. The van der Waals surface area contributed by atoms with Crippen LogP contribution < -0.4 is 10.1 Å². The van der Waals surface area contributed by atoms with Gasteiger partial charge in [0.2, 0.25) is 5.91 Å². The molecule has 6 nitrogen and oxygen atoms in total. The number of rotatable bonds is 8. The Kier molecular flexibility index (Phi) is 7.63. The van der Waals surface area contributed by atoms with Gasteiger partial charge < -0.3 is 19.4 Å². The minimum absolute atomic E-state index is 0.127. The van der Waals surface area contributed by atoms with Crippen molar-refractivity contribution in [2.75, 3.05) is 13.1 Å². The average molecular weight is 501 g/mol. The van der Waals surface area contributed by atoms with Crippen LogP contribution in [0.4, 0.5) is 0 Å². The lowest BCUT2D eigenvalue weighted by Crippen LogP contribution is -2.43. The molecule has 37 heavy (non-hydrogen) atoms. The predicted octanol–water partition coefficient (Wildman–Crippen LogP) is 5.97. The molecule has 2 aromatic carbocycles. The number of furan rings is 1. The largest absolute Gasteiger partial charge is 0.486 e. The Morgan fingerprint density at radius 3 is 2.70 bits per heavy atom. The van der Waals surface area contributed by atoms with E-state index in [1.165, 1.54) is 11.1 Å². The third kappa shape index (κ3) is 5.58. The van der Waals surface area contributed by atoms with Gasteiger partial charge in [-0.05, 0) is 73.6 Å². The highest BCUT2D eigenvalue weighted by molar-refractivity contribution is 5.91. The van der Waals surface area contributed by atoms with Crippen LogP contribution in [-0.4, -0.2) is 29.8 Å². The normalized spacial score (nSPS) is 17.5. The summed E-state index contributed by atoms with van der Waals surface area (Å²) in [5.41, 5.74) is 4.70. The van der Waals surface area contributed by atoms with Gasteiger partial charge in [-0.2, -0.15) is 0 Å². The van der Waals surface area contributed by atoms with Crippen LogP contribution in [0, 0.1) is 12.8 Å². The number of benzene rings is 2. The first-order chi connectivity index (χ1) is 18.0. The third-order valence-corrected chi connectivity index (χ3v) is 7.49. The molecule has 194 valence electrons. The fourth-order valence-corrected chi connectivity index (χ4v) is 5.58. The number of aryl methyl sites for hydroxylation is 1. The fourth-order valence-electron chi connectivity index (χ4n) is 5.58. The molecule has 1 aliphatic carbocycles. The summed E-state index contributed by atoms with van der Waals surface area (Å²) < 4.78 is 11.8. The zero-order valence-electron chi connectivity index (χ0n) is 21.8. The molecule has 0 radical (unpaired) electrons. The van der Waals surface area contributed by atoms with Crippen LogP contribution in [0.15, 0.2) is 59.0 Å². The Morgan fingerprint density at radius 1 is 1.08 bits per heavy atom. The highest BCUT2D eigenvalue weighted by Gasteiger charge is 2.36. The van der Waals surface area contributed by atoms with Gasteiger partial charge in [0.05, 0.1) is 6.04 Å². The molecular formula is C31H36N2O4. The van der Waals surface area contributed by atoms with Crippen molar-refractivity contribution in [2.45, 2.75) is 65.0 Å². The van der Waals surface area contributed by atoms with E-state index in [-0.39, 0.29) is 36.1 Å². The van der Waals surface area contributed by atoms with Gasteiger partial charge in [0.1, 0.15) is 18.1 Å². The van der Waals surface area contributed by atoms with Crippen LogP contribution in [0.25, 0.3) is 0 Å². The molecule has 3 aromatic rings. The van der Waals surface area contributed by atoms with Crippen molar-refractivity contribution in [3.05, 3.63) is 88.4 Å². The summed E-state index contributed by atoms with van der Waals surface area (Å²) in [5.74, 6) is 1.81. The van der Waals surface area contributed by atoms with E-state index in [1.54, 1.807) is 12.1 Å². The van der Waals surface area contributed by atoms with E-state index in [9.17, 15) is 9.59 Å². The molecule has 1 atom stereocenters. The Balaban J connectivity index is 1.39. The first-order valence-corrected chi connectivity index (χ1v) is 13.5. The second kappa shape index (κ2) is 11.2. The Bertz CT molecular complexity index is 1260. The van der Waals surface area contributed by atoms with Crippen LogP contribution >= 0.6 is 0 Å². The maximum atomic E-state index is 13.6. The molecule has 1 aromatic heterocycles. The lowest BCUT2D eigenvalue weighted by atomic mass is 9.86. The molecule has 1 aliphatic heterocycles. The van der Waals surface area contributed by atoms with Crippen LogP contribution in [0.3, 0.4) is 0 Å². The van der Waals surface area contributed by atoms with Gasteiger partial charge >= 0.3 is 0 Å². The van der Waals surface area contributed by atoms with E-state index in [0.717, 1.165) is 61.9 Å². The van der Waals surface area contributed by atoms with Crippen molar-refractivity contribution in [1.82, 2.24) is 10.2 Å². The minimum Gasteiger partial charge on any atom is -0.486 e. The summed E-state index contributed by atoms with van der Waals surface area (Å²) in [6.45, 7) is 5.67. The van der Waals surface area contributed by atoms with Crippen molar-refractivity contribution in [3.63, 3.8) is 0 Å². The number of hydrogen-bond donors (Lipinski definition) is 1. The third-order valence-electron chi connectivity index (χ3n) is 7.49. The summed E-state index contributed by atoms with van der Waals surface area (Å²) in [7, 11) is 0. The van der Waals surface area contributed by atoms with Crippen LogP contribution in [0.5, 0.6) is 5.75 Å². The van der Waals surface area contributed by atoms with E-state index in [0.29, 0.717) is 12.3 Å². The van der Waals surface area contributed by atoms with Crippen molar-refractivity contribution in [1.29, 1.82) is 0 Å². The zero-order valence-corrected chi connectivity index (χ0v) is 21.8. The van der Waals surface area contributed by atoms with E-state index in [4.69, 9.17) is 9.15 Å². The molecule has 0 saturated heterocycles. The summed E-state index contributed by atoms with van der Waals surface area (Å²) in [6, 6.07) is 18.0. The first kappa shape index (κ1) is 25.1. The second-order valence-electron chi connectivity index (χ2n) is 10.3. The quantitative estimate of drug-likeness (QED) is 0.414. The molecule has 1 fully saturated rings. The van der Waals surface area contributed by atoms with E-state index in [2.05, 4.69) is 53.5 Å². The Labute approximate surface area is 219 Å². The van der Waals surface area contributed by atoms with Gasteiger partial charge in [-0.3, -0.25) is 9.59 Å². The lowest BCUT2D eigenvalue weighted by Gasteiger charge is -2.39. The monoisotopic (exact) mass is 500 g/mol. The molecule has 2 heterocycles. The SMILES string of the molecule is CCCNC(=O)c1ccc(COc2ccc3c(c2)[C@@H](c2cccc(C)c2)N(C(=O)C2CCCC2)CC3)o1. The summed E-state index contributed by atoms with van der Waals surface area (Å²) in [5, 5.41) is 2.82. The van der Waals surface area contributed by atoms with Gasteiger partial charge in [0, 0.05) is 19.0 Å². The second-order valence-corrected chi connectivity index (χ2v) is 10.3. The van der Waals surface area contributed by atoms with Crippen LogP contribution in [0.2, 0.25) is 0 Å². The van der Waals surface area contributed by atoms with Crippen molar-refractivity contribution < 1.29 is 18.7 Å². The van der Waals surface area contributed by atoms with Crippen molar-refractivity contribution in [3.8, 4) is 5.75 Å². The van der Waals surface area contributed by atoms with E-state index < -0.39 is 0 Å². The zero-order chi connectivity index (χ0) is 25.8. The van der Waals surface area contributed by atoms with Crippen molar-refractivity contribution in [2.24, 2.45) is 5.92 Å². The minimum atomic E-state index is -0.213. The molecule has 0 unspecified atom stereocenters. The molecule has 6 heteroatoms.